The Balaban J connectivity index is 1.45. The van der Waals surface area contributed by atoms with E-state index >= 15 is 0 Å². The number of ether oxygens (including phenoxy) is 2. The van der Waals surface area contributed by atoms with E-state index in [1.54, 1.807) is 19.9 Å². The Kier molecular flexibility index (Phi) is 8.31. The van der Waals surface area contributed by atoms with Gasteiger partial charge >= 0.3 is 12.1 Å². The second kappa shape index (κ2) is 11.6. The van der Waals surface area contributed by atoms with Crippen molar-refractivity contribution in [2.75, 3.05) is 11.9 Å². The van der Waals surface area contributed by atoms with Gasteiger partial charge in [0, 0.05) is 16.1 Å². The number of halogens is 1. The van der Waals surface area contributed by atoms with Crippen molar-refractivity contribution in [3.8, 4) is 11.3 Å². The maximum atomic E-state index is 12.7. The van der Waals surface area contributed by atoms with Crippen molar-refractivity contribution >= 4 is 29.4 Å². The fraction of sp³-hybridized carbons (Fsp3) is 0.393. The van der Waals surface area contributed by atoms with Crippen molar-refractivity contribution in [2.24, 2.45) is 5.92 Å². The van der Waals surface area contributed by atoms with Gasteiger partial charge in [-0.1, -0.05) is 53.2 Å². The van der Waals surface area contributed by atoms with E-state index in [-0.39, 0.29) is 11.9 Å². The number of amides is 1. The van der Waals surface area contributed by atoms with Crippen LogP contribution in [0.1, 0.15) is 68.4 Å². The van der Waals surface area contributed by atoms with E-state index < -0.39 is 12.2 Å². The molecule has 0 spiro atoms. The molecule has 1 aliphatic carbocycles. The van der Waals surface area contributed by atoms with E-state index in [0.29, 0.717) is 34.7 Å². The molecule has 1 heterocycles. The minimum atomic E-state index is -0.622. The van der Waals surface area contributed by atoms with Crippen molar-refractivity contribution in [2.45, 2.75) is 58.5 Å². The van der Waals surface area contributed by atoms with Crippen molar-refractivity contribution in [1.82, 2.24) is 5.16 Å². The molecule has 3 aromatic rings. The molecule has 1 amide bonds. The second-order valence-corrected chi connectivity index (χ2v) is 9.50. The van der Waals surface area contributed by atoms with Gasteiger partial charge in [0.2, 0.25) is 0 Å². The number of rotatable bonds is 7. The summed E-state index contributed by atoms with van der Waals surface area (Å²) in [6, 6.07) is 15.3. The molecule has 36 heavy (non-hydrogen) atoms. The van der Waals surface area contributed by atoms with Gasteiger partial charge in [-0.15, -0.1) is 0 Å². The lowest BCUT2D eigenvalue weighted by Crippen LogP contribution is -2.23. The zero-order valence-electron chi connectivity index (χ0n) is 20.8. The van der Waals surface area contributed by atoms with Gasteiger partial charge < -0.3 is 14.0 Å². The third-order valence-electron chi connectivity index (χ3n) is 6.68. The number of esters is 1. The van der Waals surface area contributed by atoms with Crippen LogP contribution in [0.2, 0.25) is 5.02 Å². The van der Waals surface area contributed by atoms with E-state index in [4.69, 9.17) is 25.6 Å². The number of aryl methyl sites for hydroxylation is 1. The van der Waals surface area contributed by atoms with Gasteiger partial charge in [-0.2, -0.15) is 0 Å². The molecule has 8 heteroatoms. The van der Waals surface area contributed by atoms with Gasteiger partial charge in [-0.05, 0) is 70.1 Å². The number of aromatic nitrogens is 1. The average molecular weight is 511 g/mol. The maximum absolute atomic E-state index is 12.7. The standard InChI is InChI=1S/C28H31ClN2O5/c1-4-34-27(32)20-14-12-19(13-15-20)21-8-7-9-22(16-21)26-25(17(2)31-36-26)30-28(33)35-18(3)23-10-5-6-11-24(23)29/h5-11,16,18-20H,4,12-15H2,1-3H3,(H,30,33). The van der Waals surface area contributed by atoms with Crippen molar-refractivity contribution in [3.63, 3.8) is 0 Å². The number of anilines is 1. The summed E-state index contributed by atoms with van der Waals surface area (Å²) >= 11 is 6.23. The van der Waals surface area contributed by atoms with E-state index in [2.05, 4.69) is 22.6 Å². The van der Waals surface area contributed by atoms with Crippen LogP contribution in [-0.2, 0) is 14.3 Å². The highest BCUT2D eigenvalue weighted by Gasteiger charge is 2.28. The summed E-state index contributed by atoms with van der Waals surface area (Å²) in [5, 5.41) is 7.40. The minimum Gasteiger partial charge on any atom is -0.466 e. The first kappa shape index (κ1) is 25.8. The largest absolute Gasteiger partial charge is 0.466 e. The first-order chi connectivity index (χ1) is 17.4. The molecule has 0 aliphatic heterocycles. The molecule has 0 radical (unpaired) electrons. The fourth-order valence-electron chi connectivity index (χ4n) is 4.73. The molecule has 1 aliphatic rings. The maximum Gasteiger partial charge on any atom is 0.412 e. The summed E-state index contributed by atoms with van der Waals surface area (Å²) < 4.78 is 16.4. The number of carbonyl (C=O) groups is 2. The van der Waals surface area contributed by atoms with Gasteiger partial charge in [0.05, 0.1) is 12.5 Å². The normalized spacial score (nSPS) is 18.3. The zero-order valence-corrected chi connectivity index (χ0v) is 21.5. The number of nitrogens with one attached hydrogen (secondary N) is 1. The van der Waals surface area contributed by atoms with E-state index in [1.807, 2.05) is 37.3 Å². The summed E-state index contributed by atoms with van der Waals surface area (Å²) in [4.78, 5) is 24.8. The fourth-order valence-corrected chi connectivity index (χ4v) is 5.02. The SMILES string of the molecule is CCOC(=O)C1CCC(c2cccc(-c3onc(C)c3NC(=O)OC(C)c3ccccc3Cl)c2)CC1. The van der Waals surface area contributed by atoms with Crippen LogP contribution in [-0.4, -0.2) is 23.8 Å². The molecular weight excluding hydrogens is 480 g/mol. The van der Waals surface area contributed by atoms with Gasteiger partial charge in [0.15, 0.2) is 5.76 Å². The lowest BCUT2D eigenvalue weighted by Gasteiger charge is -2.27. The summed E-state index contributed by atoms with van der Waals surface area (Å²) in [5.41, 5.74) is 3.73. The number of hydrogen-bond acceptors (Lipinski definition) is 6. The number of hydrogen-bond donors (Lipinski definition) is 1. The van der Waals surface area contributed by atoms with Gasteiger partial charge in [0.1, 0.15) is 17.5 Å². The summed E-state index contributed by atoms with van der Waals surface area (Å²) in [6.07, 6.45) is 2.31. The van der Waals surface area contributed by atoms with Crippen LogP contribution in [0.4, 0.5) is 10.5 Å². The molecule has 1 atom stereocenters. The number of carbonyl (C=O) groups excluding carboxylic acids is 2. The predicted octanol–water partition coefficient (Wildman–Crippen LogP) is 7.45. The number of nitrogens with zero attached hydrogens (tertiary/aromatic N) is 1. The molecule has 1 fully saturated rings. The molecule has 4 rings (SSSR count). The summed E-state index contributed by atoms with van der Waals surface area (Å²) in [6.45, 7) is 5.78. The second-order valence-electron chi connectivity index (χ2n) is 9.09. The first-order valence-electron chi connectivity index (χ1n) is 12.3. The Morgan fingerprint density at radius 3 is 2.61 bits per heavy atom. The highest BCUT2D eigenvalue weighted by Crippen LogP contribution is 2.39. The highest BCUT2D eigenvalue weighted by molar-refractivity contribution is 6.31. The predicted molar refractivity (Wildman–Crippen MR) is 138 cm³/mol. The summed E-state index contributed by atoms with van der Waals surface area (Å²) in [7, 11) is 0. The topological polar surface area (TPSA) is 90.7 Å². The molecule has 1 N–H and O–H groups in total. The van der Waals surface area contributed by atoms with Crippen LogP contribution < -0.4 is 5.32 Å². The third-order valence-corrected chi connectivity index (χ3v) is 7.03. The Morgan fingerprint density at radius 1 is 1.14 bits per heavy atom. The van der Waals surface area contributed by atoms with Crippen LogP contribution in [0.5, 0.6) is 0 Å². The monoisotopic (exact) mass is 510 g/mol. The lowest BCUT2D eigenvalue weighted by atomic mass is 9.78. The molecule has 190 valence electrons. The van der Waals surface area contributed by atoms with Crippen LogP contribution in [0, 0.1) is 12.8 Å². The average Bonchev–Trinajstić information content (AvgIpc) is 3.24. The lowest BCUT2D eigenvalue weighted by molar-refractivity contribution is -0.149. The molecule has 0 bridgehead atoms. The van der Waals surface area contributed by atoms with Crippen molar-refractivity contribution in [3.05, 3.63) is 70.4 Å². The quantitative estimate of drug-likeness (QED) is 0.332. The van der Waals surface area contributed by atoms with Crippen molar-refractivity contribution < 1.29 is 23.6 Å². The van der Waals surface area contributed by atoms with E-state index in [9.17, 15) is 9.59 Å². The Morgan fingerprint density at radius 2 is 1.89 bits per heavy atom. The Hall–Kier alpha value is -3.32. The van der Waals surface area contributed by atoms with Crippen LogP contribution in [0.3, 0.4) is 0 Å². The Labute approximate surface area is 216 Å². The van der Waals surface area contributed by atoms with Crippen LogP contribution in [0.15, 0.2) is 53.1 Å². The summed E-state index contributed by atoms with van der Waals surface area (Å²) in [5.74, 6) is 0.707. The van der Waals surface area contributed by atoms with Gasteiger partial charge in [-0.25, -0.2) is 4.79 Å². The molecule has 1 aromatic heterocycles. The minimum absolute atomic E-state index is 0.0173. The molecule has 1 saturated carbocycles. The van der Waals surface area contributed by atoms with E-state index in [0.717, 1.165) is 36.8 Å². The molecule has 1 unspecified atom stereocenters. The van der Waals surface area contributed by atoms with Crippen molar-refractivity contribution in [1.29, 1.82) is 0 Å². The molecular formula is C28H31ClN2O5. The zero-order chi connectivity index (χ0) is 25.7. The van der Waals surface area contributed by atoms with Crippen LogP contribution in [0.25, 0.3) is 11.3 Å². The third kappa shape index (κ3) is 5.90. The first-order valence-corrected chi connectivity index (χ1v) is 12.7. The van der Waals surface area contributed by atoms with E-state index in [1.165, 1.54) is 5.56 Å². The number of benzene rings is 2. The van der Waals surface area contributed by atoms with Gasteiger partial charge in [-0.3, -0.25) is 10.1 Å². The highest BCUT2D eigenvalue weighted by atomic mass is 35.5. The smallest absolute Gasteiger partial charge is 0.412 e. The Bertz CT molecular complexity index is 1220. The molecule has 0 saturated heterocycles. The van der Waals surface area contributed by atoms with Crippen LogP contribution >= 0.6 is 11.6 Å². The van der Waals surface area contributed by atoms with Gasteiger partial charge in [0.25, 0.3) is 0 Å². The molecule has 2 aromatic carbocycles. The molecule has 7 nitrogen and oxygen atoms in total.